The molecule has 1 saturated heterocycles. The number of aliphatic hydroxyl groups excluding tert-OH is 1. The largest absolute Gasteiger partial charge is 0.482 e. The highest BCUT2D eigenvalue weighted by Crippen LogP contribution is 2.34. The predicted molar refractivity (Wildman–Crippen MR) is 138 cm³/mol. The first-order valence-electron chi connectivity index (χ1n) is 11.8. The van der Waals surface area contributed by atoms with E-state index >= 15 is 4.39 Å². The van der Waals surface area contributed by atoms with Gasteiger partial charge in [-0.2, -0.15) is 0 Å². The van der Waals surface area contributed by atoms with Crippen LogP contribution in [0, 0.1) is 5.82 Å². The smallest absolute Gasteiger partial charge is 0.341 e. The molecule has 1 aromatic heterocycles. The van der Waals surface area contributed by atoms with Gasteiger partial charge in [0, 0.05) is 36.7 Å². The van der Waals surface area contributed by atoms with Crippen LogP contribution in [-0.4, -0.2) is 68.8 Å². The van der Waals surface area contributed by atoms with Crippen LogP contribution in [0.4, 0.5) is 19.3 Å². The van der Waals surface area contributed by atoms with Crippen molar-refractivity contribution < 1.29 is 38.1 Å². The maximum absolute atomic E-state index is 15.0. The number of nitrogens with one attached hydrogen (secondary N) is 2. The number of carbonyl (C=O) groups is 3. The molecule has 1 unspecified atom stereocenters. The van der Waals surface area contributed by atoms with Crippen molar-refractivity contribution >= 4 is 46.1 Å². The van der Waals surface area contributed by atoms with Crippen molar-refractivity contribution in [3.8, 4) is 5.75 Å². The number of primary amides is 1. The number of nitrogens with zero attached hydrogens (tertiary/aromatic N) is 2. The van der Waals surface area contributed by atoms with Crippen LogP contribution in [0.5, 0.6) is 5.75 Å². The van der Waals surface area contributed by atoms with E-state index in [0.29, 0.717) is 10.9 Å². The van der Waals surface area contributed by atoms with E-state index in [2.05, 4.69) is 10.6 Å². The number of rotatable bonds is 9. The molecular formula is C25H26ClF2N5O6. The number of anilines is 1. The monoisotopic (exact) mass is 565 g/mol. The van der Waals surface area contributed by atoms with Gasteiger partial charge in [0.25, 0.3) is 0 Å². The molecule has 208 valence electrons. The lowest BCUT2D eigenvalue weighted by molar-refractivity contribution is -0.139. The second kappa shape index (κ2) is 11.0. The van der Waals surface area contributed by atoms with Crippen molar-refractivity contribution in [2.45, 2.75) is 38.0 Å². The number of hydrogen-bond donors (Lipinski definition) is 5. The van der Waals surface area contributed by atoms with Crippen LogP contribution >= 0.6 is 11.6 Å². The van der Waals surface area contributed by atoms with Crippen LogP contribution in [-0.2, 0) is 16.1 Å². The van der Waals surface area contributed by atoms with Gasteiger partial charge in [0.2, 0.25) is 5.91 Å². The van der Waals surface area contributed by atoms with Gasteiger partial charge in [-0.15, -0.1) is 0 Å². The molecule has 14 heteroatoms. The number of ether oxygens (including phenoxy) is 1. The lowest BCUT2D eigenvalue weighted by Gasteiger charge is -2.29. The molecule has 39 heavy (non-hydrogen) atoms. The molecule has 0 aliphatic carbocycles. The first kappa shape index (κ1) is 28.1. The van der Waals surface area contributed by atoms with E-state index in [4.69, 9.17) is 27.2 Å². The highest BCUT2D eigenvalue weighted by Gasteiger charge is 2.47. The maximum Gasteiger partial charge on any atom is 0.341 e. The molecule has 6 N–H and O–H groups in total. The lowest BCUT2D eigenvalue weighted by Crippen LogP contribution is -2.50. The normalized spacial score (nSPS) is 20.1. The third kappa shape index (κ3) is 6.21. The Hall–Kier alpha value is -3.94. The SMILES string of the molecule is C[C@@]1(F)C[C@@H](C(=O)NCc2cccc(Cl)c2F)N(C(O)Nc2cn(C(N)=O)c3ccc(OCC(=O)O)cc23)C1. The van der Waals surface area contributed by atoms with Gasteiger partial charge in [0.1, 0.15) is 17.2 Å². The summed E-state index contributed by atoms with van der Waals surface area (Å²) in [6.07, 6.45) is -0.540. The zero-order valence-corrected chi connectivity index (χ0v) is 21.4. The highest BCUT2D eigenvalue weighted by molar-refractivity contribution is 6.30. The summed E-state index contributed by atoms with van der Waals surface area (Å²) in [4.78, 5) is 37.0. The topological polar surface area (TPSA) is 159 Å². The molecule has 11 nitrogen and oxygen atoms in total. The Morgan fingerprint density at radius 1 is 1.31 bits per heavy atom. The van der Waals surface area contributed by atoms with Crippen LogP contribution < -0.4 is 21.1 Å². The van der Waals surface area contributed by atoms with Crippen molar-refractivity contribution in [1.82, 2.24) is 14.8 Å². The number of benzene rings is 2. The molecule has 4 rings (SSSR count). The van der Waals surface area contributed by atoms with Crippen LogP contribution in [0.25, 0.3) is 10.9 Å². The average molecular weight is 566 g/mol. The van der Waals surface area contributed by atoms with Crippen molar-refractivity contribution in [1.29, 1.82) is 0 Å². The molecule has 2 amide bonds. The van der Waals surface area contributed by atoms with Gasteiger partial charge in [-0.1, -0.05) is 23.7 Å². The number of aliphatic carboxylic acids is 1. The van der Waals surface area contributed by atoms with Crippen molar-refractivity contribution in [2.24, 2.45) is 5.73 Å². The Kier molecular flexibility index (Phi) is 7.95. The van der Waals surface area contributed by atoms with E-state index in [1.54, 1.807) is 0 Å². The van der Waals surface area contributed by atoms with Gasteiger partial charge in [-0.25, -0.2) is 23.3 Å². The van der Waals surface area contributed by atoms with Gasteiger partial charge < -0.3 is 31.3 Å². The Balaban J connectivity index is 1.56. The number of fused-ring (bicyclic) bond motifs is 1. The standard InChI is InChI=1S/C25H26ClF2N5O6/c1-25(28)8-19(22(36)30-9-13-3-2-4-16(26)21(13)27)33(12-25)24(38)31-17-10-32(23(29)37)18-6-5-14(7-15(17)18)39-11-20(34)35/h2-7,10,19,24,31,38H,8-9,11-12H2,1H3,(H2,29,37)(H,30,36)(H,34,35)/t19-,24?,25+/m0/s1. The molecule has 1 aliphatic heterocycles. The minimum absolute atomic E-state index is 0.105. The van der Waals surface area contributed by atoms with Gasteiger partial charge in [-0.3, -0.25) is 9.36 Å². The summed E-state index contributed by atoms with van der Waals surface area (Å²) < 4.78 is 35.6. The Labute approximate surface area is 226 Å². The van der Waals surface area contributed by atoms with Crippen molar-refractivity contribution in [3.63, 3.8) is 0 Å². The van der Waals surface area contributed by atoms with Crippen LogP contribution in [0.1, 0.15) is 18.9 Å². The third-order valence-electron chi connectivity index (χ3n) is 6.29. The molecule has 1 fully saturated rings. The summed E-state index contributed by atoms with van der Waals surface area (Å²) in [7, 11) is 0. The molecular weight excluding hydrogens is 540 g/mol. The van der Waals surface area contributed by atoms with Crippen LogP contribution in [0.15, 0.2) is 42.6 Å². The fourth-order valence-corrected chi connectivity index (χ4v) is 4.72. The van der Waals surface area contributed by atoms with Crippen LogP contribution in [0.3, 0.4) is 0 Å². The van der Waals surface area contributed by atoms with E-state index in [1.807, 2.05) is 0 Å². The number of hydrogen-bond acceptors (Lipinski definition) is 7. The summed E-state index contributed by atoms with van der Waals surface area (Å²) in [5.74, 6) is -2.34. The minimum Gasteiger partial charge on any atom is -0.482 e. The van der Waals surface area contributed by atoms with Gasteiger partial charge in [-0.05, 0) is 31.2 Å². The molecule has 0 spiro atoms. The molecule has 3 atom stereocenters. The zero-order valence-electron chi connectivity index (χ0n) is 20.7. The van der Waals surface area contributed by atoms with E-state index in [0.717, 1.165) is 4.57 Å². The number of nitrogens with two attached hydrogens (primary N) is 1. The number of amides is 2. The molecule has 0 saturated carbocycles. The van der Waals surface area contributed by atoms with E-state index in [9.17, 15) is 23.9 Å². The molecule has 1 aliphatic rings. The first-order valence-corrected chi connectivity index (χ1v) is 12.1. The number of aliphatic hydroxyl groups is 1. The quantitative estimate of drug-likeness (QED) is 0.248. The Morgan fingerprint density at radius 2 is 2.05 bits per heavy atom. The van der Waals surface area contributed by atoms with Crippen molar-refractivity contribution in [3.05, 3.63) is 59.0 Å². The predicted octanol–water partition coefficient (Wildman–Crippen LogP) is 2.63. The summed E-state index contributed by atoms with van der Waals surface area (Å²) in [5, 5.41) is 25.5. The van der Waals surface area contributed by atoms with E-state index in [-0.39, 0.29) is 41.5 Å². The van der Waals surface area contributed by atoms with Crippen LogP contribution in [0.2, 0.25) is 5.02 Å². The number of carboxylic acid groups (broad SMARTS) is 1. The van der Waals surface area contributed by atoms with Gasteiger partial charge in [0.05, 0.1) is 22.3 Å². The minimum atomic E-state index is -1.83. The fraction of sp³-hybridized carbons (Fsp3) is 0.320. The number of alkyl halides is 1. The Morgan fingerprint density at radius 3 is 2.74 bits per heavy atom. The number of aromatic nitrogens is 1. The number of carboxylic acids is 1. The summed E-state index contributed by atoms with van der Waals surface area (Å²) >= 11 is 5.79. The third-order valence-corrected chi connectivity index (χ3v) is 6.59. The summed E-state index contributed by atoms with van der Waals surface area (Å²) in [6.45, 7) is 0.174. The molecule has 3 aromatic rings. The average Bonchev–Trinajstić information content (AvgIpc) is 3.40. The Bertz CT molecular complexity index is 1430. The highest BCUT2D eigenvalue weighted by atomic mass is 35.5. The number of likely N-dealkylation sites (tertiary alicyclic amines) is 1. The zero-order chi connectivity index (χ0) is 28.5. The van der Waals surface area contributed by atoms with Gasteiger partial charge >= 0.3 is 12.0 Å². The summed E-state index contributed by atoms with van der Waals surface area (Å²) in [6, 6.07) is 6.77. The summed E-state index contributed by atoms with van der Waals surface area (Å²) in [5.41, 5.74) is 4.28. The molecule has 0 radical (unpaired) electrons. The second-order valence-corrected chi connectivity index (χ2v) is 9.77. The van der Waals surface area contributed by atoms with E-state index < -0.39 is 48.4 Å². The molecule has 2 aromatic carbocycles. The van der Waals surface area contributed by atoms with Gasteiger partial charge in [0.15, 0.2) is 13.0 Å². The maximum atomic E-state index is 15.0. The second-order valence-electron chi connectivity index (χ2n) is 9.37. The molecule has 0 bridgehead atoms. The van der Waals surface area contributed by atoms with E-state index in [1.165, 1.54) is 54.4 Å². The lowest BCUT2D eigenvalue weighted by atomic mass is 10.0. The fourth-order valence-electron chi connectivity index (χ4n) is 4.52. The molecule has 2 heterocycles. The number of halogens is 3. The number of carbonyl (C=O) groups excluding carboxylic acids is 2. The van der Waals surface area contributed by atoms with Crippen molar-refractivity contribution in [2.75, 3.05) is 18.5 Å². The first-order chi connectivity index (χ1) is 18.4.